The summed E-state index contributed by atoms with van der Waals surface area (Å²) in [7, 11) is 3.07. The molecule has 5 aromatic rings. The Kier molecular flexibility index (Phi) is 12.1. The second-order valence-electron chi connectivity index (χ2n) is 14.4. The first kappa shape index (κ1) is 39.3. The minimum atomic E-state index is -0.630. The molecule has 0 radical (unpaired) electrons. The molecule has 0 fully saturated rings. The number of ketones is 1. The van der Waals surface area contributed by atoms with Gasteiger partial charge in [-0.25, -0.2) is 0 Å². The molecule has 3 aliphatic heterocycles. The molecule has 286 valence electrons. The third-order valence-electron chi connectivity index (χ3n) is 10.3. The third kappa shape index (κ3) is 8.31. The number of rotatable bonds is 9. The summed E-state index contributed by atoms with van der Waals surface area (Å²) in [5.74, 6) is 1.77. The second kappa shape index (κ2) is 16.9. The van der Waals surface area contributed by atoms with E-state index in [0.29, 0.717) is 51.8 Å². The molecule has 8 rings (SSSR count). The van der Waals surface area contributed by atoms with Crippen LogP contribution < -0.4 is 29.0 Å². The summed E-state index contributed by atoms with van der Waals surface area (Å²) in [4.78, 5) is 13.6. The highest BCUT2D eigenvalue weighted by atomic mass is 35.5. The fraction of sp³-hybridized carbons (Fsp3) is 0.283. The van der Waals surface area contributed by atoms with Crippen molar-refractivity contribution in [2.75, 3.05) is 27.4 Å². The quantitative estimate of drug-likeness (QED) is 0.153. The summed E-state index contributed by atoms with van der Waals surface area (Å²) < 4.78 is 28.8. The minimum Gasteiger partial charge on any atom is -0.507 e. The van der Waals surface area contributed by atoms with E-state index in [4.69, 9.17) is 23.7 Å². The molecular formula is C46H48ClNO7. The van der Waals surface area contributed by atoms with Crippen LogP contribution >= 0.6 is 12.4 Å². The van der Waals surface area contributed by atoms with Crippen molar-refractivity contribution in [1.29, 1.82) is 0 Å². The molecular weight excluding hydrogens is 714 g/mol. The van der Waals surface area contributed by atoms with Crippen molar-refractivity contribution < 1.29 is 33.6 Å². The van der Waals surface area contributed by atoms with E-state index in [9.17, 15) is 9.90 Å². The van der Waals surface area contributed by atoms with Crippen LogP contribution in [0.5, 0.6) is 34.5 Å². The maximum Gasteiger partial charge on any atom is 0.181 e. The number of ether oxygens (including phenoxy) is 5. The average molecular weight is 762 g/mol. The molecule has 0 aliphatic carbocycles. The van der Waals surface area contributed by atoms with Gasteiger partial charge in [0.25, 0.3) is 0 Å². The standard InChI is InChI=1S/C23H25N.C23H22O7.ClH/c1-19(20-11-5-2-6-12-20)24-18-17-23(21-13-7-3-8-14-21)22-15-9-4-10-16-22;1-23(2)6-5-11-15(30-23)8-13(24)20-21(25)19-12-7-16(26-3)17(27-4)9-14(12)28-10-18(19)29-22(11)20;/h2-16,19,23-24H,17-18H2,1H3;5-9,18-19,24H,10H2,1-4H3;1H. The molecule has 3 atom stereocenters. The minimum absolute atomic E-state index is 0. The van der Waals surface area contributed by atoms with Crippen LogP contribution in [0.15, 0.2) is 115 Å². The Labute approximate surface area is 329 Å². The second-order valence-corrected chi connectivity index (χ2v) is 14.4. The number of carbonyl (C=O) groups excluding carboxylic acids is 1. The Balaban J connectivity index is 0.000000188. The zero-order chi connectivity index (χ0) is 37.8. The highest BCUT2D eigenvalue weighted by molar-refractivity contribution is 6.08. The van der Waals surface area contributed by atoms with Gasteiger partial charge in [-0.2, -0.15) is 0 Å². The number of fused-ring (bicyclic) bond motifs is 6. The number of nitrogens with one attached hydrogen (secondary N) is 1. The lowest BCUT2D eigenvalue weighted by Crippen LogP contribution is -2.43. The van der Waals surface area contributed by atoms with Crippen molar-refractivity contribution in [3.05, 3.63) is 149 Å². The lowest BCUT2D eigenvalue weighted by molar-refractivity contribution is 0.0547. The topological polar surface area (TPSA) is 95.5 Å². The maximum absolute atomic E-state index is 13.6. The van der Waals surface area contributed by atoms with E-state index in [-0.39, 0.29) is 36.1 Å². The molecule has 2 N–H and O–H groups in total. The maximum atomic E-state index is 13.6. The number of hydrogen-bond acceptors (Lipinski definition) is 8. The molecule has 3 aliphatic rings. The van der Waals surface area contributed by atoms with Crippen molar-refractivity contribution in [2.24, 2.45) is 0 Å². The highest BCUT2D eigenvalue weighted by Crippen LogP contribution is 2.52. The Morgan fingerprint density at radius 2 is 1.42 bits per heavy atom. The van der Waals surface area contributed by atoms with Crippen molar-refractivity contribution in [3.8, 4) is 34.5 Å². The summed E-state index contributed by atoms with van der Waals surface area (Å²) in [5.41, 5.74) is 5.05. The molecule has 55 heavy (non-hydrogen) atoms. The molecule has 0 spiro atoms. The van der Waals surface area contributed by atoms with E-state index in [0.717, 1.165) is 13.0 Å². The van der Waals surface area contributed by atoms with Crippen LogP contribution in [-0.4, -0.2) is 50.0 Å². The number of benzene rings is 5. The molecule has 8 nitrogen and oxygen atoms in total. The number of hydrogen-bond donors (Lipinski definition) is 2. The van der Waals surface area contributed by atoms with Crippen molar-refractivity contribution in [1.82, 2.24) is 5.32 Å². The van der Waals surface area contributed by atoms with E-state index in [2.05, 4.69) is 103 Å². The van der Waals surface area contributed by atoms with Gasteiger partial charge >= 0.3 is 0 Å². The van der Waals surface area contributed by atoms with E-state index < -0.39 is 17.6 Å². The summed E-state index contributed by atoms with van der Waals surface area (Å²) in [5, 5.41) is 14.4. The van der Waals surface area contributed by atoms with Crippen molar-refractivity contribution in [3.63, 3.8) is 0 Å². The Morgan fingerprint density at radius 3 is 2.02 bits per heavy atom. The number of phenols is 1. The number of carbonyl (C=O) groups is 1. The van der Waals surface area contributed by atoms with Gasteiger partial charge in [-0.3, -0.25) is 4.79 Å². The zero-order valence-corrected chi connectivity index (χ0v) is 32.6. The van der Waals surface area contributed by atoms with Crippen LogP contribution in [0.25, 0.3) is 6.08 Å². The van der Waals surface area contributed by atoms with Gasteiger partial charge in [0.2, 0.25) is 0 Å². The van der Waals surface area contributed by atoms with Crippen molar-refractivity contribution in [2.45, 2.75) is 56.8 Å². The van der Waals surface area contributed by atoms with Gasteiger partial charge in [0, 0.05) is 29.7 Å². The lowest BCUT2D eigenvalue weighted by atomic mass is 9.80. The van der Waals surface area contributed by atoms with Gasteiger partial charge in [0.15, 0.2) is 17.3 Å². The molecule has 0 amide bonds. The van der Waals surface area contributed by atoms with Crippen LogP contribution in [0.4, 0.5) is 0 Å². The number of Topliss-reactive ketones (excluding diaryl/α,β-unsaturated/α-hetero) is 1. The molecule has 3 heterocycles. The normalized spacial score (nSPS) is 17.5. The number of halogens is 1. The first-order valence-electron chi connectivity index (χ1n) is 18.4. The van der Waals surface area contributed by atoms with Crippen LogP contribution in [0.3, 0.4) is 0 Å². The van der Waals surface area contributed by atoms with Gasteiger partial charge in [-0.05, 0) is 68.6 Å². The summed E-state index contributed by atoms with van der Waals surface area (Å²) in [6.45, 7) is 7.25. The monoisotopic (exact) mass is 761 g/mol. The van der Waals surface area contributed by atoms with E-state index in [1.54, 1.807) is 19.2 Å². The summed E-state index contributed by atoms with van der Waals surface area (Å²) in [6, 6.07) is 37.6. The number of methoxy groups -OCH3 is 2. The molecule has 3 unspecified atom stereocenters. The molecule has 5 aromatic carbocycles. The predicted molar refractivity (Wildman–Crippen MR) is 218 cm³/mol. The van der Waals surface area contributed by atoms with Crippen molar-refractivity contribution >= 4 is 24.3 Å². The molecule has 0 saturated carbocycles. The number of phenolic OH excluding ortho intramolecular Hbond substituents is 1. The summed E-state index contributed by atoms with van der Waals surface area (Å²) in [6.07, 6.45) is 4.32. The fourth-order valence-electron chi connectivity index (χ4n) is 7.47. The van der Waals surface area contributed by atoms with Gasteiger partial charge in [0.1, 0.15) is 46.9 Å². The third-order valence-corrected chi connectivity index (χ3v) is 10.3. The SMILES string of the molecule is CC(NCCC(c1ccccc1)c1ccccc1)c1ccccc1.COc1cc2c(cc1OC)C1C(=O)c3c(O)cc4c(c3OC1CO2)C=CC(C)(C)O4.Cl. The highest BCUT2D eigenvalue weighted by Gasteiger charge is 2.46. The van der Waals surface area contributed by atoms with E-state index in [1.807, 2.05) is 26.0 Å². The van der Waals surface area contributed by atoms with Gasteiger partial charge < -0.3 is 34.1 Å². The zero-order valence-electron chi connectivity index (χ0n) is 31.8. The van der Waals surface area contributed by atoms with Gasteiger partial charge in [-0.15, -0.1) is 12.4 Å². The van der Waals surface area contributed by atoms with Crippen LogP contribution in [0.1, 0.15) is 83.2 Å². The molecule has 0 aromatic heterocycles. The first-order valence-corrected chi connectivity index (χ1v) is 18.4. The predicted octanol–water partition coefficient (Wildman–Crippen LogP) is 9.69. The Hall–Kier alpha value is -5.44. The Morgan fingerprint density at radius 1 is 0.836 bits per heavy atom. The van der Waals surface area contributed by atoms with Crippen LogP contribution in [-0.2, 0) is 0 Å². The smallest absolute Gasteiger partial charge is 0.181 e. The van der Waals surface area contributed by atoms with E-state index in [1.165, 1.54) is 29.9 Å². The molecule has 9 heteroatoms. The lowest BCUT2D eigenvalue weighted by Gasteiger charge is -2.39. The van der Waals surface area contributed by atoms with Crippen LogP contribution in [0, 0.1) is 0 Å². The van der Waals surface area contributed by atoms with Crippen LogP contribution in [0.2, 0.25) is 0 Å². The molecule has 0 bridgehead atoms. The largest absolute Gasteiger partial charge is 0.507 e. The fourth-order valence-corrected chi connectivity index (χ4v) is 7.47. The summed E-state index contributed by atoms with van der Waals surface area (Å²) >= 11 is 0. The first-order chi connectivity index (χ1) is 26.2. The molecule has 0 saturated heterocycles. The van der Waals surface area contributed by atoms with Gasteiger partial charge in [0.05, 0.1) is 25.7 Å². The van der Waals surface area contributed by atoms with E-state index >= 15 is 0 Å². The number of aromatic hydroxyl groups is 1. The Bertz CT molecular complexity index is 2080. The van der Waals surface area contributed by atoms with Gasteiger partial charge in [-0.1, -0.05) is 91.0 Å². The average Bonchev–Trinajstić information content (AvgIpc) is 3.19.